The van der Waals surface area contributed by atoms with Crippen molar-refractivity contribution in [3.8, 4) is 134 Å². The van der Waals surface area contributed by atoms with E-state index in [9.17, 15) is 0 Å². The molecule has 0 unspecified atom stereocenters. The molecule has 0 radical (unpaired) electrons. The van der Waals surface area contributed by atoms with Crippen molar-refractivity contribution in [1.82, 2.24) is 0 Å². The zero-order valence-electron chi connectivity index (χ0n) is 61.1. The Balaban J connectivity index is 0.755. The predicted octanol–water partition coefficient (Wildman–Crippen LogP) is 27.3. The van der Waals surface area contributed by atoms with E-state index in [4.69, 9.17) is 0 Å². The van der Waals surface area contributed by atoms with Crippen molar-refractivity contribution in [2.24, 2.45) is 0 Å². The summed E-state index contributed by atoms with van der Waals surface area (Å²) < 4.78 is 0. The molecule has 0 saturated carbocycles. The van der Waals surface area contributed by atoms with Crippen LogP contribution in [0, 0.1) is 0 Å². The van der Waals surface area contributed by atoms with Gasteiger partial charge in [0.05, 0.1) is 0 Å². The van der Waals surface area contributed by atoms with Gasteiger partial charge in [-0.3, -0.25) is 0 Å². The van der Waals surface area contributed by atoms with Gasteiger partial charge < -0.3 is 0 Å². The first-order chi connectivity index (χ1) is 53.3. The molecule has 0 aliphatic heterocycles. The molecule has 516 valence electrons. The highest BCUT2D eigenvalue weighted by Gasteiger charge is 2.17. The Morgan fingerprint density at radius 3 is 0.204 bits per heavy atom. The molecule has 16 aromatic carbocycles. The first-order valence-corrected chi connectivity index (χ1v) is 39.0. The molecule has 36 bridgehead atoms. The van der Waals surface area contributed by atoms with Crippen LogP contribution in [0.1, 0.15) is 66.8 Å². The second kappa shape index (κ2) is 29.5. The van der Waals surface area contributed by atoms with Crippen molar-refractivity contribution < 1.29 is 0 Å². The third kappa shape index (κ3) is 14.7. The average Bonchev–Trinajstić information content (AvgIpc) is 0.812. The molecule has 68 rings (SSSR count). The monoisotopic (exact) mass is 1380 g/mol. The quantitative estimate of drug-likeness (QED) is 0.142. The van der Waals surface area contributed by atoms with Gasteiger partial charge in [0.15, 0.2) is 0 Å². The number of aryl methyl sites for hydroxylation is 12. The van der Waals surface area contributed by atoms with E-state index in [-0.39, 0.29) is 0 Å². The van der Waals surface area contributed by atoms with Gasteiger partial charge in [-0.2, -0.15) is 0 Å². The standard InChI is InChI=1S/C108H84/c1-2-74-15-39-86(40-16-74)98-63-101-66-102(64-98)90-47-23-78(24-48-90)8-10-82-31-55-94(56-32-82)106-68-104-70-108(72-106)96-59-35-84(36-60-96)12-11-83-33-57-95(58-34-83)107-69-103(67-105(71-107)93-53-29-81(30-54-93)9-7-77-21-45-89(101)46-22-77)91-49-25-79(26-50-91)5-3-75-17-41-87(42-18-75)99-61-97(85-37-13-73(1)14-38-85)62-100(65-99)88-43-19-76(20-44-88)4-6-80-27-51-92(104)52-28-80/h13-72H,1-12H2. The zero-order chi connectivity index (χ0) is 71.7. The van der Waals surface area contributed by atoms with E-state index in [2.05, 4.69) is 364 Å². The zero-order valence-corrected chi connectivity index (χ0v) is 61.1. The summed E-state index contributed by atoms with van der Waals surface area (Å²) in [4.78, 5) is 0. The molecule has 0 heteroatoms. The Bertz CT molecular complexity index is 4500. The molecule has 0 saturated heterocycles. The van der Waals surface area contributed by atoms with Crippen LogP contribution in [0.25, 0.3) is 134 Å². The molecule has 52 aliphatic rings. The third-order valence-electron chi connectivity index (χ3n) is 23.4. The smallest absolute Gasteiger partial charge is 0.0172 e. The number of rotatable bonds is 0. The SMILES string of the molecule is c1cc2ccc1CCc1ccc(cc1)-c1cc3cc(c1)-c1ccc(cc1)CCc1ccc(cc1)-c1cc4cc(c1)-c1ccc(cc1)CCc1ccc(cc1)-c1cc(cc(c1)-c1ccc(cc1)CCc1ccc-3cc1)-c1ccc(cc1)CCc1ccc(cc1)-c1cc-2cc(c1)-c1ccc(cc1)CCc1ccc-4cc1. The van der Waals surface area contributed by atoms with Crippen LogP contribution in [0.4, 0.5) is 0 Å². The molecule has 0 N–H and O–H groups in total. The minimum Gasteiger partial charge on any atom is -0.0584 e. The summed E-state index contributed by atoms with van der Waals surface area (Å²) in [6.07, 6.45) is 11.5. The Morgan fingerprint density at radius 1 is 0.0741 bits per heavy atom. The lowest BCUT2D eigenvalue weighted by Crippen LogP contribution is -1.93. The van der Waals surface area contributed by atoms with Gasteiger partial charge in [-0.25, -0.2) is 0 Å². The van der Waals surface area contributed by atoms with E-state index >= 15 is 0 Å². The van der Waals surface area contributed by atoms with Gasteiger partial charge >= 0.3 is 0 Å². The van der Waals surface area contributed by atoms with Crippen LogP contribution in [-0.4, -0.2) is 0 Å². The first kappa shape index (κ1) is 66.2. The van der Waals surface area contributed by atoms with E-state index in [1.165, 1.54) is 200 Å². The summed E-state index contributed by atoms with van der Waals surface area (Å²) in [7, 11) is 0. The highest BCUT2D eigenvalue weighted by Crippen LogP contribution is 2.40. The van der Waals surface area contributed by atoms with E-state index in [0.717, 1.165) is 77.0 Å². The first-order valence-electron chi connectivity index (χ1n) is 39.0. The summed E-state index contributed by atoms with van der Waals surface area (Å²) in [5.74, 6) is 0. The van der Waals surface area contributed by atoms with Crippen LogP contribution in [0.2, 0.25) is 0 Å². The summed E-state index contributed by atoms with van der Waals surface area (Å²) in [6, 6.07) is 141. The Hall–Kier alpha value is -12.5. The van der Waals surface area contributed by atoms with Crippen LogP contribution >= 0.6 is 0 Å². The maximum atomic E-state index is 2.40. The van der Waals surface area contributed by atoms with Gasteiger partial charge in [0.1, 0.15) is 0 Å². The van der Waals surface area contributed by atoms with Crippen LogP contribution in [-0.2, 0) is 77.0 Å². The largest absolute Gasteiger partial charge is 0.0584 e. The number of hydrogen-bond acceptors (Lipinski definition) is 0. The molecule has 0 nitrogen and oxygen atoms in total. The van der Waals surface area contributed by atoms with Gasteiger partial charge in [0, 0.05) is 0 Å². The normalized spacial score (nSPS) is 13.1. The average molecular weight is 1380 g/mol. The molecule has 0 amide bonds. The topological polar surface area (TPSA) is 0 Å². The van der Waals surface area contributed by atoms with Crippen LogP contribution in [0.5, 0.6) is 0 Å². The molecular weight excluding hydrogens is 1300 g/mol. The molecule has 0 atom stereocenters. The maximum absolute atomic E-state index is 2.40. The van der Waals surface area contributed by atoms with Crippen molar-refractivity contribution in [3.63, 3.8) is 0 Å². The second-order valence-electron chi connectivity index (χ2n) is 30.6. The summed E-state index contributed by atoms with van der Waals surface area (Å²) >= 11 is 0. The maximum Gasteiger partial charge on any atom is -0.0172 e. The molecular formula is C108H84. The summed E-state index contributed by atoms with van der Waals surface area (Å²) in [6.45, 7) is 0. The van der Waals surface area contributed by atoms with Crippen molar-refractivity contribution in [2.45, 2.75) is 77.0 Å². The van der Waals surface area contributed by atoms with Crippen molar-refractivity contribution in [2.75, 3.05) is 0 Å². The molecule has 52 aliphatic carbocycles. The van der Waals surface area contributed by atoms with E-state index in [1.54, 1.807) is 0 Å². The minimum atomic E-state index is 0.958. The van der Waals surface area contributed by atoms with E-state index < -0.39 is 0 Å². The Morgan fingerprint density at radius 2 is 0.139 bits per heavy atom. The van der Waals surface area contributed by atoms with E-state index in [0.29, 0.717) is 0 Å². The van der Waals surface area contributed by atoms with Gasteiger partial charge in [0.25, 0.3) is 0 Å². The second-order valence-corrected chi connectivity index (χ2v) is 30.6. The van der Waals surface area contributed by atoms with Gasteiger partial charge in [-0.05, 0) is 350 Å². The molecule has 0 spiro atoms. The lowest BCUT2D eigenvalue weighted by atomic mass is 9.91. The Kier molecular flexibility index (Phi) is 18.1. The van der Waals surface area contributed by atoms with Gasteiger partial charge in [-0.1, -0.05) is 291 Å². The molecule has 108 heavy (non-hydrogen) atoms. The van der Waals surface area contributed by atoms with Crippen molar-refractivity contribution in [1.29, 1.82) is 0 Å². The lowest BCUT2D eigenvalue weighted by molar-refractivity contribution is 0.960. The highest BCUT2D eigenvalue weighted by atomic mass is 14.2. The fraction of sp³-hybridized carbons (Fsp3) is 0.111. The fourth-order valence-corrected chi connectivity index (χ4v) is 16.6. The Labute approximate surface area is 637 Å². The third-order valence-corrected chi connectivity index (χ3v) is 23.4. The fourth-order valence-electron chi connectivity index (χ4n) is 16.6. The molecule has 16 aromatic rings. The highest BCUT2D eigenvalue weighted by molar-refractivity contribution is 5.86. The summed E-state index contributed by atoms with van der Waals surface area (Å²) in [5.41, 5.74) is 45.3. The number of benzene rings is 16. The van der Waals surface area contributed by atoms with Gasteiger partial charge in [0.2, 0.25) is 0 Å². The molecule has 0 aromatic heterocycles. The van der Waals surface area contributed by atoms with Crippen molar-refractivity contribution in [3.05, 3.63) is 431 Å². The van der Waals surface area contributed by atoms with Gasteiger partial charge in [-0.15, -0.1) is 0 Å². The van der Waals surface area contributed by atoms with E-state index in [1.807, 2.05) is 0 Å². The van der Waals surface area contributed by atoms with Crippen molar-refractivity contribution >= 4 is 0 Å². The molecule has 0 fully saturated rings. The van der Waals surface area contributed by atoms with Crippen LogP contribution in [0.3, 0.4) is 0 Å². The lowest BCUT2D eigenvalue weighted by Gasteiger charge is -2.13. The predicted molar refractivity (Wildman–Crippen MR) is 455 cm³/mol. The summed E-state index contributed by atoms with van der Waals surface area (Å²) in [5, 5.41) is 0. The molecule has 0 heterocycles. The van der Waals surface area contributed by atoms with Crippen LogP contribution < -0.4 is 0 Å². The number of hydrogen-bond donors (Lipinski definition) is 0. The minimum absolute atomic E-state index is 0.958. The van der Waals surface area contributed by atoms with Crippen LogP contribution in [0.15, 0.2) is 364 Å².